The summed E-state index contributed by atoms with van der Waals surface area (Å²) in [6.07, 6.45) is -4.86. The Morgan fingerprint density at radius 3 is 1.51 bits per heavy atom. The van der Waals surface area contributed by atoms with E-state index in [0.29, 0.717) is 16.7 Å². The second-order valence-electron chi connectivity index (χ2n) is 8.08. The molecule has 2 aliphatic rings. The molecule has 2 bridgehead atoms. The van der Waals surface area contributed by atoms with Gasteiger partial charge in [0.15, 0.2) is 24.6 Å². The molecule has 2 saturated heterocycles. The maximum atomic E-state index is 12.9. The molecule has 0 N–H and O–H groups in total. The van der Waals surface area contributed by atoms with Gasteiger partial charge in [0.2, 0.25) is 0 Å². The zero-order valence-corrected chi connectivity index (χ0v) is 18.5. The first-order valence-electron chi connectivity index (χ1n) is 11.2. The summed E-state index contributed by atoms with van der Waals surface area (Å²) < 4.78 is 28.7. The van der Waals surface area contributed by atoms with Crippen molar-refractivity contribution in [3.05, 3.63) is 108 Å². The van der Waals surface area contributed by atoms with Crippen LogP contribution in [-0.4, -0.2) is 55.2 Å². The molecule has 0 radical (unpaired) electrons. The predicted molar refractivity (Wildman–Crippen MR) is 122 cm³/mol. The lowest BCUT2D eigenvalue weighted by atomic mass is 10.1. The van der Waals surface area contributed by atoms with Crippen LogP contribution in [0.1, 0.15) is 31.1 Å². The lowest BCUT2D eigenvalue weighted by Gasteiger charge is -2.29. The van der Waals surface area contributed by atoms with Gasteiger partial charge >= 0.3 is 17.9 Å². The van der Waals surface area contributed by atoms with E-state index in [4.69, 9.17) is 23.7 Å². The fourth-order valence-electron chi connectivity index (χ4n) is 4.04. The molecule has 5 atom stereocenters. The van der Waals surface area contributed by atoms with Crippen molar-refractivity contribution in [1.29, 1.82) is 0 Å². The van der Waals surface area contributed by atoms with Crippen molar-refractivity contribution in [2.24, 2.45) is 0 Å². The molecule has 2 aliphatic heterocycles. The number of ether oxygens (including phenoxy) is 5. The van der Waals surface area contributed by atoms with Gasteiger partial charge in [-0.25, -0.2) is 14.4 Å². The molecule has 0 spiro atoms. The summed E-state index contributed by atoms with van der Waals surface area (Å²) in [4.78, 5) is 38.3. The van der Waals surface area contributed by atoms with Gasteiger partial charge in [0.25, 0.3) is 0 Å². The number of benzene rings is 3. The van der Waals surface area contributed by atoms with E-state index in [1.807, 2.05) is 0 Å². The van der Waals surface area contributed by atoms with E-state index in [9.17, 15) is 14.4 Å². The van der Waals surface area contributed by atoms with Crippen molar-refractivity contribution >= 4 is 17.9 Å². The van der Waals surface area contributed by atoms with Gasteiger partial charge in [0.05, 0.1) is 23.3 Å². The standard InChI is InChI=1S/C27H22O8/c28-24(17-10-4-1-5-11-17)32-20-16-31-27-23(34-26(30)19-14-8-3-9-15-19)22(21(20)35-27)33-25(29)18-12-6-2-7-13-18/h1-15,20-23,27H,16H2/t20-,21-,22+,23-,27+/m1/s1. The van der Waals surface area contributed by atoms with Crippen LogP contribution in [0.4, 0.5) is 0 Å². The molecule has 35 heavy (non-hydrogen) atoms. The summed E-state index contributed by atoms with van der Waals surface area (Å²) in [7, 11) is 0. The minimum Gasteiger partial charge on any atom is -0.453 e. The average Bonchev–Trinajstić information content (AvgIpc) is 3.18. The fourth-order valence-corrected chi connectivity index (χ4v) is 4.04. The monoisotopic (exact) mass is 474 g/mol. The molecule has 3 aromatic rings. The Morgan fingerprint density at radius 1 is 0.600 bits per heavy atom. The van der Waals surface area contributed by atoms with E-state index in [1.165, 1.54) is 0 Å². The third kappa shape index (κ3) is 4.94. The molecule has 0 unspecified atom stereocenters. The van der Waals surface area contributed by atoms with Crippen LogP contribution >= 0.6 is 0 Å². The Kier molecular flexibility index (Phi) is 6.56. The number of fused-ring (bicyclic) bond motifs is 2. The van der Waals surface area contributed by atoms with Crippen molar-refractivity contribution in [3.8, 4) is 0 Å². The smallest absolute Gasteiger partial charge is 0.338 e. The highest BCUT2D eigenvalue weighted by Crippen LogP contribution is 2.36. The zero-order chi connectivity index (χ0) is 24.2. The third-order valence-corrected chi connectivity index (χ3v) is 5.77. The van der Waals surface area contributed by atoms with Crippen molar-refractivity contribution in [2.75, 3.05) is 6.61 Å². The van der Waals surface area contributed by atoms with Gasteiger partial charge in [-0.15, -0.1) is 0 Å². The first-order chi connectivity index (χ1) is 17.1. The number of carbonyl (C=O) groups excluding carboxylic acids is 3. The second-order valence-corrected chi connectivity index (χ2v) is 8.08. The SMILES string of the molecule is O=C(O[C@@H]1[C@@H](OC(=O)c2ccccc2)[C@H]2OC[C@@H](OC(=O)c3ccccc3)[C@H]1O2)c1ccccc1. The highest BCUT2D eigenvalue weighted by molar-refractivity contribution is 5.91. The Balaban J connectivity index is 1.38. The Bertz CT molecular complexity index is 1180. The number of esters is 3. The predicted octanol–water partition coefficient (Wildman–Crippen LogP) is 3.42. The molecule has 0 aliphatic carbocycles. The molecule has 0 amide bonds. The van der Waals surface area contributed by atoms with Crippen LogP contribution in [-0.2, 0) is 23.7 Å². The summed E-state index contributed by atoms with van der Waals surface area (Å²) in [5.74, 6) is -1.81. The summed E-state index contributed by atoms with van der Waals surface area (Å²) in [5.41, 5.74) is 1.01. The van der Waals surface area contributed by atoms with Crippen LogP contribution < -0.4 is 0 Å². The molecule has 178 valence electrons. The lowest BCUT2D eigenvalue weighted by molar-refractivity contribution is -0.233. The van der Waals surface area contributed by atoms with Gasteiger partial charge in [-0.1, -0.05) is 54.6 Å². The molecule has 0 saturated carbocycles. The fraction of sp³-hybridized carbons (Fsp3) is 0.222. The molecule has 5 rings (SSSR count). The molecule has 2 heterocycles. The van der Waals surface area contributed by atoms with E-state index < -0.39 is 48.6 Å². The van der Waals surface area contributed by atoms with Crippen molar-refractivity contribution in [1.82, 2.24) is 0 Å². The van der Waals surface area contributed by atoms with E-state index >= 15 is 0 Å². The number of hydrogen-bond donors (Lipinski definition) is 0. The third-order valence-electron chi connectivity index (χ3n) is 5.77. The minimum absolute atomic E-state index is 0.00726. The van der Waals surface area contributed by atoms with Crippen LogP contribution in [0, 0.1) is 0 Å². The maximum absolute atomic E-state index is 12.9. The van der Waals surface area contributed by atoms with Gasteiger partial charge in [-0.05, 0) is 36.4 Å². The van der Waals surface area contributed by atoms with Crippen LogP contribution in [0.3, 0.4) is 0 Å². The van der Waals surface area contributed by atoms with Gasteiger partial charge < -0.3 is 23.7 Å². The van der Waals surface area contributed by atoms with Crippen LogP contribution in [0.2, 0.25) is 0 Å². The maximum Gasteiger partial charge on any atom is 0.338 e. The minimum atomic E-state index is -1.06. The summed E-state index contributed by atoms with van der Waals surface area (Å²) in [6.45, 7) is -0.00726. The molecular weight excluding hydrogens is 452 g/mol. The van der Waals surface area contributed by atoms with Gasteiger partial charge in [0.1, 0.15) is 6.10 Å². The Morgan fingerprint density at radius 2 is 1.03 bits per heavy atom. The first kappa shape index (κ1) is 22.8. The van der Waals surface area contributed by atoms with Crippen LogP contribution in [0.15, 0.2) is 91.0 Å². The summed E-state index contributed by atoms with van der Waals surface area (Å²) >= 11 is 0. The average molecular weight is 474 g/mol. The highest BCUT2D eigenvalue weighted by atomic mass is 16.8. The van der Waals surface area contributed by atoms with Gasteiger partial charge in [0, 0.05) is 0 Å². The van der Waals surface area contributed by atoms with Crippen molar-refractivity contribution < 1.29 is 38.1 Å². The van der Waals surface area contributed by atoms with E-state index in [1.54, 1.807) is 91.0 Å². The number of rotatable bonds is 6. The molecule has 3 aromatic carbocycles. The van der Waals surface area contributed by atoms with E-state index in [-0.39, 0.29) is 6.61 Å². The second kappa shape index (κ2) is 10.1. The number of carbonyl (C=O) groups is 3. The molecule has 8 nitrogen and oxygen atoms in total. The van der Waals surface area contributed by atoms with Gasteiger partial charge in [-0.3, -0.25) is 0 Å². The van der Waals surface area contributed by atoms with E-state index in [2.05, 4.69) is 0 Å². The van der Waals surface area contributed by atoms with Crippen LogP contribution in [0.5, 0.6) is 0 Å². The summed E-state index contributed by atoms with van der Waals surface area (Å²) in [6, 6.07) is 25.3. The molecule has 8 heteroatoms. The number of hydrogen-bond acceptors (Lipinski definition) is 8. The lowest BCUT2D eigenvalue weighted by Crippen LogP contribution is -2.46. The zero-order valence-electron chi connectivity index (χ0n) is 18.5. The molecule has 0 aromatic heterocycles. The Labute approximate surface area is 201 Å². The topological polar surface area (TPSA) is 97.4 Å². The largest absolute Gasteiger partial charge is 0.453 e. The molecular formula is C27H22O8. The van der Waals surface area contributed by atoms with E-state index in [0.717, 1.165) is 0 Å². The van der Waals surface area contributed by atoms with Crippen molar-refractivity contribution in [3.63, 3.8) is 0 Å². The molecule has 2 fully saturated rings. The quantitative estimate of drug-likeness (QED) is 0.396. The highest BCUT2D eigenvalue weighted by Gasteiger charge is 2.57. The van der Waals surface area contributed by atoms with Gasteiger partial charge in [-0.2, -0.15) is 0 Å². The Hall–Kier alpha value is -4.01. The normalized spacial score (nSPS) is 24.9. The van der Waals surface area contributed by atoms with Crippen LogP contribution in [0.25, 0.3) is 0 Å². The van der Waals surface area contributed by atoms with Crippen molar-refractivity contribution in [2.45, 2.75) is 30.7 Å². The summed E-state index contributed by atoms with van der Waals surface area (Å²) in [5, 5.41) is 0. The first-order valence-corrected chi connectivity index (χ1v) is 11.2.